The zero-order valence-corrected chi connectivity index (χ0v) is 13.0. The molecular formula is C17H24F2N2. The summed E-state index contributed by atoms with van der Waals surface area (Å²) in [5.41, 5.74) is 2.65. The van der Waals surface area contributed by atoms with Crippen LogP contribution < -0.4 is 5.32 Å². The van der Waals surface area contributed by atoms with Crippen LogP contribution in [0.4, 0.5) is 14.5 Å². The predicted octanol–water partition coefficient (Wildman–Crippen LogP) is 5.59. The topological polar surface area (TPSA) is 35.8 Å². The maximum atomic E-state index is 12.7. The Kier molecular flexibility index (Phi) is 10.8. The van der Waals surface area contributed by atoms with Crippen LogP contribution in [-0.2, 0) is 0 Å². The van der Waals surface area contributed by atoms with Gasteiger partial charge in [-0.2, -0.15) is 5.26 Å². The minimum absolute atomic E-state index is 0.247. The highest BCUT2D eigenvalue weighted by Crippen LogP contribution is 2.25. The predicted molar refractivity (Wildman–Crippen MR) is 84.1 cm³/mol. The van der Waals surface area contributed by atoms with Gasteiger partial charge in [-0.05, 0) is 49.9 Å². The number of halogens is 2. The SMILES string of the molecule is CCC.CF.N#CC1=C(Nc2ccc(F)cc2)CCCC1. The van der Waals surface area contributed by atoms with Gasteiger partial charge >= 0.3 is 0 Å². The van der Waals surface area contributed by atoms with Crippen molar-refractivity contribution in [3.8, 4) is 6.07 Å². The highest BCUT2D eigenvalue weighted by molar-refractivity contribution is 5.51. The number of anilines is 1. The van der Waals surface area contributed by atoms with E-state index in [0.717, 1.165) is 42.6 Å². The molecule has 4 heteroatoms. The number of alkyl halides is 1. The van der Waals surface area contributed by atoms with E-state index in [1.165, 1.54) is 18.6 Å². The first-order chi connectivity index (χ1) is 10.2. The average molecular weight is 294 g/mol. The van der Waals surface area contributed by atoms with Crippen LogP contribution in [0.25, 0.3) is 0 Å². The maximum absolute atomic E-state index is 12.7. The van der Waals surface area contributed by atoms with Gasteiger partial charge in [-0.15, -0.1) is 0 Å². The number of rotatable bonds is 2. The molecule has 116 valence electrons. The van der Waals surface area contributed by atoms with E-state index in [1.807, 2.05) is 0 Å². The summed E-state index contributed by atoms with van der Waals surface area (Å²) >= 11 is 0. The number of nitrogens with zero attached hydrogens (tertiary/aromatic N) is 1. The zero-order chi connectivity index (χ0) is 16.1. The Morgan fingerprint density at radius 2 is 1.62 bits per heavy atom. The van der Waals surface area contributed by atoms with Crippen LogP contribution in [-0.4, -0.2) is 7.18 Å². The van der Waals surface area contributed by atoms with Crippen molar-refractivity contribution >= 4 is 5.69 Å². The Balaban J connectivity index is 0.000000713. The first kappa shape index (κ1) is 19.1. The van der Waals surface area contributed by atoms with Gasteiger partial charge in [0.15, 0.2) is 0 Å². The van der Waals surface area contributed by atoms with Crippen LogP contribution in [0.3, 0.4) is 0 Å². The standard InChI is InChI=1S/C13H13FN2.C3H8.CH3F/c14-11-5-7-12(8-6-11)16-13-4-2-1-3-10(13)9-15;1-3-2;1-2/h5-8,16H,1-4H2;3H2,1-2H3;1H3. The molecule has 2 rings (SSSR count). The number of hydrogen-bond acceptors (Lipinski definition) is 2. The molecule has 0 atom stereocenters. The van der Waals surface area contributed by atoms with Crippen molar-refractivity contribution in [2.45, 2.75) is 46.0 Å². The summed E-state index contributed by atoms with van der Waals surface area (Å²) in [6.45, 7) is 4.25. The molecule has 0 radical (unpaired) electrons. The van der Waals surface area contributed by atoms with Gasteiger partial charge in [0.05, 0.1) is 13.2 Å². The van der Waals surface area contributed by atoms with Crippen LogP contribution in [0.15, 0.2) is 35.5 Å². The summed E-state index contributed by atoms with van der Waals surface area (Å²) in [5, 5.41) is 12.2. The number of hydrogen-bond donors (Lipinski definition) is 1. The molecule has 0 amide bonds. The Labute approximate surface area is 126 Å². The molecule has 1 aromatic carbocycles. The number of allylic oxidation sites excluding steroid dienone is 2. The van der Waals surface area contributed by atoms with E-state index >= 15 is 0 Å². The van der Waals surface area contributed by atoms with Gasteiger partial charge in [0.2, 0.25) is 0 Å². The lowest BCUT2D eigenvalue weighted by molar-refractivity contribution is 0.628. The summed E-state index contributed by atoms with van der Waals surface area (Å²) in [6.07, 6.45) is 5.19. The highest BCUT2D eigenvalue weighted by atomic mass is 19.1. The molecule has 2 nitrogen and oxygen atoms in total. The lowest BCUT2D eigenvalue weighted by atomic mass is 9.97. The third-order valence-corrected chi connectivity index (χ3v) is 2.74. The third kappa shape index (κ3) is 7.45. The fraction of sp³-hybridized carbons (Fsp3) is 0.471. The van der Waals surface area contributed by atoms with E-state index < -0.39 is 0 Å². The first-order valence-corrected chi connectivity index (χ1v) is 7.23. The van der Waals surface area contributed by atoms with E-state index in [-0.39, 0.29) is 5.82 Å². The number of nitrogens with one attached hydrogen (secondary N) is 1. The van der Waals surface area contributed by atoms with E-state index in [4.69, 9.17) is 5.26 Å². The van der Waals surface area contributed by atoms with Crippen molar-refractivity contribution in [1.82, 2.24) is 0 Å². The summed E-state index contributed by atoms with van der Waals surface area (Å²) in [5.74, 6) is -0.247. The Bertz CT molecular complexity index is 459. The molecule has 0 aliphatic heterocycles. The lowest BCUT2D eigenvalue weighted by Crippen LogP contribution is -2.07. The van der Waals surface area contributed by atoms with E-state index in [2.05, 4.69) is 25.2 Å². The molecule has 0 saturated heterocycles. The molecular weight excluding hydrogens is 270 g/mol. The van der Waals surface area contributed by atoms with E-state index in [0.29, 0.717) is 7.18 Å². The van der Waals surface area contributed by atoms with Crippen molar-refractivity contribution in [3.05, 3.63) is 41.4 Å². The van der Waals surface area contributed by atoms with Crippen LogP contribution in [0.2, 0.25) is 0 Å². The van der Waals surface area contributed by atoms with Crippen molar-refractivity contribution < 1.29 is 8.78 Å². The van der Waals surface area contributed by atoms with Crippen molar-refractivity contribution in [3.63, 3.8) is 0 Å². The molecule has 0 heterocycles. The van der Waals surface area contributed by atoms with E-state index in [9.17, 15) is 8.78 Å². The molecule has 0 aromatic heterocycles. The van der Waals surface area contributed by atoms with Crippen molar-refractivity contribution in [2.75, 3.05) is 12.5 Å². The second kappa shape index (κ2) is 11.9. The quantitative estimate of drug-likeness (QED) is 0.771. The Hall–Kier alpha value is -1.89. The molecule has 0 spiro atoms. The fourth-order valence-corrected chi connectivity index (χ4v) is 1.87. The van der Waals surface area contributed by atoms with Crippen LogP contribution in [0.5, 0.6) is 0 Å². The molecule has 0 unspecified atom stereocenters. The molecule has 0 bridgehead atoms. The van der Waals surface area contributed by atoms with Gasteiger partial charge in [-0.1, -0.05) is 20.3 Å². The summed E-state index contributed by atoms with van der Waals surface area (Å²) < 4.78 is 22.2. The van der Waals surface area contributed by atoms with Gasteiger partial charge in [-0.25, -0.2) is 4.39 Å². The second-order valence-corrected chi connectivity index (χ2v) is 4.62. The average Bonchev–Trinajstić information content (AvgIpc) is 2.53. The Morgan fingerprint density at radius 3 is 2.14 bits per heavy atom. The Morgan fingerprint density at radius 1 is 1.10 bits per heavy atom. The fourth-order valence-electron chi connectivity index (χ4n) is 1.87. The molecule has 1 aliphatic carbocycles. The van der Waals surface area contributed by atoms with Crippen LogP contribution >= 0.6 is 0 Å². The third-order valence-electron chi connectivity index (χ3n) is 2.74. The molecule has 0 fully saturated rings. The normalized spacial score (nSPS) is 13.1. The summed E-state index contributed by atoms with van der Waals surface area (Å²) in [7, 11) is 0.500. The summed E-state index contributed by atoms with van der Waals surface area (Å²) in [4.78, 5) is 0. The monoisotopic (exact) mass is 294 g/mol. The maximum Gasteiger partial charge on any atom is 0.123 e. The van der Waals surface area contributed by atoms with Crippen LogP contribution in [0.1, 0.15) is 46.0 Å². The van der Waals surface area contributed by atoms with Gasteiger partial charge in [0, 0.05) is 17.0 Å². The van der Waals surface area contributed by atoms with E-state index in [1.54, 1.807) is 12.1 Å². The van der Waals surface area contributed by atoms with Gasteiger partial charge in [0.25, 0.3) is 0 Å². The summed E-state index contributed by atoms with van der Waals surface area (Å²) in [6, 6.07) is 8.43. The zero-order valence-electron chi connectivity index (χ0n) is 13.0. The minimum Gasteiger partial charge on any atom is -0.358 e. The first-order valence-electron chi connectivity index (χ1n) is 7.23. The van der Waals surface area contributed by atoms with Crippen molar-refractivity contribution in [2.24, 2.45) is 0 Å². The van der Waals surface area contributed by atoms with Gasteiger partial charge in [-0.3, -0.25) is 4.39 Å². The molecule has 1 N–H and O–H groups in total. The van der Waals surface area contributed by atoms with Gasteiger partial charge < -0.3 is 5.32 Å². The minimum atomic E-state index is -0.247. The molecule has 1 aromatic rings. The molecule has 21 heavy (non-hydrogen) atoms. The van der Waals surface area contributed by atoms with Gasteiger partial charge in [0.1, 0.15) is 5.82 Å². The largest absolute Gasteiger partial charge is 0.358 e. The van der Waals surface area contributed by atoms with Crippen molar-refractivity contribution in [1.29, 1.82) is 5.26 Å². The van der Waals surface area contributed by atoms with Crippen LogP contribution in [0, 0.1) is 17.1 Å². The molecule has 0 saturated carbocycles. The molecule has 1 aliphatic rings. The number of nitriles is 1. The second-order valence-electron chi connectivity index (χ2n) is 4.62. The number of benzene rings is 1. The lowest BCUT2D eigenvalue weighted by Gasteiger charge is -2.17. The smallest absolute Gasteiger partial charge is 0.123 e. The highest BCUT2D eigenvalue weighted by Gasteiger charge is 2.12.